The highest BCUT2D eigenvalue weighted by Crippen LogP contribution is 2.25. The van der Waals surface area contributed by atoms with Gasteiger partial charge in [-0.1, -0.05) is 59.6 Å². The Balaban J connectivity index is 1.82. The third-order valence-electron chi connectivity index (χ3n) is 4.15. The minimum atomic E-state index is -0.0907. The maximum absolute atomic E-state index is 12.7. The molecule has 1 unspecified atom stereocenters. The monoisotopic (exact) mass is 349 g/mol. The van der Waals surface area contributed by atoms with E-state index in [4.69, 9.17) is 11.6 Å². The summed E-state index contributed by atoms with van der Waals surface area (Å²) in [5.41, 5.74) is 3.98. The smallest absolute Gasteiger partial charge is 0.165 e. The Morgan fingerprint density at radius 3 is 2.20 bits per heavy atom. The molecular weight excluding hydrogens is 330 g/mol. The van der Waals surface area contributed by atoms with E-state index in [1.807, 2.05) is 42.5 Å². The summed E-state index contributed by atoms with van der Waals surface area (Å²) in [7, 11) is 0. The number of halogens is 1. The molecule has 0 aliphatic heterocycles. The first-order valence-corrected chi connectivity index (χ1v) is 8.66. The average molecular weight is 350 g/mol. The molecule has 2 nitrogen and oxygen atoms in total. The van der Waals surface area contributed by atoms with Gasteiger partial charge in [-0.05, 0) is 48.9 Å². The second-order valence-corrected chi connectivity index (χ2v) is 6.54. The lowest BCUT2D eigenvalue weighted by atomic mass is 9.97. The van der Waals surface area contributed by atoms with Gasteiger partial charge in [0.15, 0.2) is 5.78 Å². The predicted octanol–water partition coefficient (Wildman–Crippen LogP) is 6.07. The summed E-state index contributed by atoms with van der Waals surface area (Å²) in [6.07, 6.45) is 0.375. The van der Waals surface area contributed by atoms with Crippen molar-refractivity contribution in [3.8, 4) is 0 Å². The molecule has 3 aromatic carbocycles. The fourth-order valence-electron chi connectivity index (χ4n) is 2.73. The molecule has 0 aromatic heterocycles. The van der Waals surface area contributed by atoms with Gasteiger partial charge in [-0.2, -0.15) is 0 Å². The van der Waals surface area contributed by atoms with Gasteiger partial charge in [-0.25, -0.2) is 0 Å². The number of rotatable bonds is 6. The summed E-state index contributed by atoms with van der Waals surface area (Å²) in [6, 6.07) is 25.2. The standard InChI is InChI=1S/C22H20ClNO/c1-16-7-13-20(14-8-16)24-21(17-5-3-2-4-6-17)15-22(25)18-9-11-19(23)12-10-18/h2-14,21,24H,15H2,1H3. The molecule has 25 heavy (non-hydrogen) atoms. The van der Waals surface area contributed by atoms with Crippen LogP contribution in [0.1, 0.15) is 33.9 Å². The van der Waals surface area contributed by atoms with Crippen LogP contribution in [0.25, 0.3) is 0 Å². The van der Waals surface area contributed by atoms with Gasteiger partial charge >= 0.3 is 0 Å². The van der Waals surface area contributed by atoms with Crippen molar-refractivity contribution in [2.45, 2.75) is 19.4 Å². The highest BCUT2D eigenvalue weighted by atomic mass is 35.5. The summed E-state index contributed by atoms with van der Waals surface area (Å²) in [4.78, 5) is 12.7. The van der Waals surface area contributed by atoms with E-state index in [-0.39, 0.29) is 11.8 Å². The Morgan fingerprint density at radius 1 is 0.920 bits per heavy atom. The molecule has 0 radical (unpaired) electrons. The van der Waals surface area contributed by atoms with E-state index in [9.17, 15) is 4.79 Å². The summed E-state index contributed by atoms with van der Waals surface area (Å²) in [6.45, 7) is 2.06. The van der Waals surface area contributed by atoms with Crippen molar-refractivity contribution in [3.05, 3.63) is 101 Å². The van der Waals surface area contributed by atoms with Crippen molar-refractivity contribution in [1.82, 2.24) is 0 Å². The third-order valence-corrected chi connectivity index (χ3v) is 4.40. The van der Waals surface area contributed by atoms with Gasteiger partial charge in [-0.15, -0.1) is 0 Å². The van der Waals surface area contributed by atoms with Crippen molar-refractivity contribution in [1.29, 1.82) is 0 Å². The molecule has 3 aromatic rings. The number of carbonyl (C=O) groups excluding carboxylic acids is 1. The Morgan fingerprint density at radius 2 is 1.56 bits per heavy atom. The summed E-state index contributed by atoms with van der Waals surface area (Å²) in [5.74, 6) is 0.0881. The zero-order valence-corrected chi connectivity index (χ0v) is 14.8. The van der Waals surface area contributed by atoms with Crippen LogP contribution < -0.4 is 5.32 Å². The molecule has 3 rings (SSSR count). The molecule has 1 atom stereocenters. The van der Waals surface area contributed by atoms with Crippen molar-refractivity contribution in [3.63, 3.8) is 0 Å². The minimum absolute atomic E-state index is 0.0881. The molecule has 0 fully saturated rings. The Hall–Kier alpha value is -2.58. The number of benzene rings is 3. The molecule has 1 N–H and O–H groups in total. The predicted molar refractivity (Wildman–Crippen MR) is 104 cm³/mol. The summed E-state index contributed by atoms with van der Waals surface area (Å²) >= 11 is 5.91. The number of anilines is 1. The van der Waals surface area contributed by atoms with Crippen molar-refractivity contribution >= 4 is 23.1 Å². The van der Waals surface area contributed by atoms with Gasteiger partial charge < -0.3 is 5.32 Å². The van der Waals surface area contributed by atoms with E-state index in [1.54, 1.807) is 24.3 Å². The Bertz CT molecular complexity index is 826. The largest absolute Gasteiger partial charge is 0.378 e. The molecule has 126 valence electrons. The molecule has 0 spiro atoms. The van der Waals surface area contributed by atoms with E-state index in [0.29, 0.717) is 17.0 Å². The fraction of sp³-hybridized carbons (Fsp3) is 0.136. The molecular formula is C22H20ClNO. The lowest BCUT2D eigenvalue weighted by Crippen LogP contribution is -2.15. The highest BCUT2D eigenvalue weighted by Gasteiger charge is 2.17. The number of aryl methyl sites for hydroxylation is 1. The second kappa shape index (κ2) is 8.00. The Kier molecular flexibility index (Phi) is 5.52. The highest BCUT2D eigenvalue weighted by molar-refractivity contribution is 6.30. The molecule has 0 amide bonds. The number of Topliss-reactive ketones (excluding diaryl/α,β-unsaturated/α-hetero) is 1. The number of hydrogen-bond donors (Lipinski definition) is 1. The topological polar surface area (TPSA) is 29.1 Å². The van der Waals surface area contributed by atoms with Gasteiger partial charge in [0.05, 0.1) is 6.04 Å². The van der Waals surface area contributed by atoms with Crippen LogP contribution in [0.2, 0.25) is 5.02 Å². The van der Waals surface area contributed by atoms with Gasteiger partial charge in [0, 0.05) is 22.7 Å². The molecule has 3 heteroatoms. The van der Waals surface area contributed by atoms with Crippen LogP contribution in [0.3, 0.4) is 0 Å². The van der Waals surface area contributed by atoms with E-state index in [0.717, 1.165) is 11.3 Å². The first kappa shape index (κ1) is 17.2. The molecule has 0 saturated carbocycles. The normalized spacial score (nSPS) is 11.8. The van der Waals surface area contributed by atoms with Crippen molar-refractivity contribution in [2.75, 3.05) is 5.32 Å². The zero-order chi connectivity index (χ0) is 17.6. The van der Waals surface area contributed by atoms with E-state index >= 15 is 0 Å². The number of hydrogen-bond acceptors (Lipinski definition) is 2. The SMILES string of the molecule is Cc1ccc(NC(CC(=O)c2ccc(Cl)cc2)c2ccccc2)cc1. The molecule has 0 bridgehead atoms. The van der Waals surface area contributed by atoms with Crippen LogP contribution in [0.5, 0.6) is 0 Å². The maximum Gasteiger partial charge on any atom is 0.165 e. The second-order valence-electron chi connectivity index (χ2n) is 6.11. The molecule has 0 heterocycles. The van der Waals surface area contributed by atoms with Crippen molar-refractivity contribution in [2.24, 2.45) is 0 Å². The van der Waals surface area contributed by atoms with Crippen LogP contribution in [0, 0.1) is 6.92 Å². The van der Waals surface area contributed by atoms with Gasteiger partial charge in [0.25, 0.3) is 0 Å². The van der Waals surface area contributed by atoms with E-state index < -0.39 is 0 Å². The molecule has 0 aliphatic carbocycles. The van der Waals surface area contributed by atoms with Gasteiger partial charge in [0.2, 0.25) is 0 Å². The number of ketones is 1. The summed E-state index contributed by atoms with van der Waals surface area (Å²) in [5, 5.41) is 4.12. The minimum Gasteiger partial charge on any atom is -0.378 e. The molecule has 0 aliphatic rings. The average Bonchev–Trinajstić information content (AvgIpc) is 2.64. The van der Waals surface area contributed by atoms with Crippen LogP contribution in [0.4, 0.5) is 5.69 Å². The van der Waals surface area contributed by atoms with E-state index in [1.165, 1.54) is 5.56 Å². The number of carbonyl (C=O) groups is 1. The molecule has 0 saturated heterocycles. The lowest BCUT2D eigenvalue weighted by Gasteiger charge is -2.20. The van der Waals surface area contributed by atoms with Gasteiger partial charge in [-0.3, -0.25) is 4.79 Å². The van der Waals surface area contributed by atoms with Crippen LogP contribution in [0.15, 0.2) is 78.9 Å². The summed E-state index contributed by atoms with van der Waals surface area (Å²) < 4.78 is 0. The third kappa shape index (κ3) is 4.71. The zero-order valence-electron chi connectivity index (χ0n) is 14.1. The lowest BCUT2D eigenvalue weighted by molar-refractivity contribution is 0.0976. The maximum atomic E-state index is 12.7. The number of nitrogens with one attached hydrogen (secondary N) is 1. The Labute approximate surface area is 153 Å². The van der Waals surface area contributed by atoms with Crippen LogP contribution in [-0.2, 0) is 0 Å². The fourth-order valence-corrected chi connectivity index (χ4v) is 2.85. The first-order valence-electron chi connectivity index (χ1n) is 8.29. The van der Waals surface area contributed by atoms with Gasteiger partial charge in [0.1, 0.15) is 0 Å². The quantitative estimate of drug-likeness (QED) is 0.547. The van der Waals surface area contributed by atoms with E-state index in [2.05, 4.69) is 24.4 Å². The van der Waals surface area contributed by atoms with Crippen LogP contribution in [-0.4, -0.2) is 5.78 Å². The first-order chi connectivity index (χ1) is 12.1. The van der Waals surface area contributed by atoms with Crippen molar-refractivity contribution < 1.29 is 4.79 Å². The van der Waals surface area contributed by atoms with Crippen LogP contribution >= 0.6 is 11.6 Å².